The van der Waals surface area contributed by atoms with Crippen LogP contribution in [0.25, 0.3) is 0 Å². The maximum Gasteiger partial charge on any atom is 0.387 e. The van der Waals surface area contributed by atoms with Crippen molar-refractivity contribution in [1.29, 1.82) is 0 Å². The van der Waals surface area contributed by atoms with Gasteiger partial charge in [0.1, 0.15) is 5.75 Å². The lowest BCUT2D eigenvalue weighted by molar-refractivity contribution is -0.0499. The van der Waals surface area contributed by atoms with Crippen LogP contribution < -0.4 is 4.74 Å². The van der Waals surface area contributed by atoms with Gasteiger partial charge in [0.15, 0.2) is 0 Å². The van der Waals surface area contributed by atoms with E-state index < -0.39 is 12.2 Å². The highest BCUT2D eigenvalue weighted by Crippen LogP contribution is 2.46. The quantitative estimate of drug-likeness (QED) is 0.910. The summed E-state index contributed by atoms with van der Waals surface area (Å²) in [6.45, 7) is -2.81. The summed E-state index contributed by atoms with van der Waals surface area (Å²) in [5, 5.41) is 12.0. The molecule has 2 fully saturated rings. The molecule has 0 saturated carbocycles. The Balaban J connectivity index is 1.70. The molecule has 2 saturated heterocycles. The van der Waals surface area contributed by atoms with Crippen LogP contribution in [0.1, 0.15) is 37.7 Å². The SMILES string of the molecule is OC1(Cc2cccc(OC(F)F)c2)CC2CCCC(C1)S2. The third kappa shape index (κ3) is 3.89. The molecule has 5 heteroatoms. The molecule has 116 valence electrons. The summed E-state index contributed by atoms with van der Waals surface area (Å²) in [5.74, 6) is 0.163. The summed E-state index contributed by atoms with van der Waals surface area (Å²) >= 11 is 2.01. The topological polar surface area (TPSA) is 29.5 Å². The summed E-state index contributed by atoms with van der Waals surface area (Å²) in [6, 6.07) is 6.70. The van der Waals surface area contributed by atoms with Gasteiger partial charge >= 0.3 is 6.61 Å². The third-order valence-corrected chi connectivity index (χ3v) is 5.88. The molecule has 0 amide bonds. The number of thioether (sulfide) groups is 1. The zero-order valence-electron chi connectivity index (χ0n) is 11.8. The molecule has 2 nitrogen and oxygen atoms in total. The van der Waals surface area contributed by atoms with Crippen LogP contribution in [0.4, 0.5) is 8.78 Å². The van der Waals surface area contributed by atoms with Gasteiger partial charge < -0.3 is 9.84 Å². The number of aliphatic hydroxyl groups is 1. The molecule has 1 N–H and O–H groups in total. The Morgan fingerprint density at radius 2 is 2.00 bits per heavy atom. The highest BCUT2D eigenvalue weighted by atomic mass is 32.2. The van der Waals surface area contributed by atoms with E-state index in [2.05, 4.69) is 4.74 Å². The van der Waals surface area contributed by atoms with Crippen molar-refractivity contribution in [1.82, 2.24) is 0 Å². The molecule has 0 radical (unpaired) electrons. The molecule has 0 spiro atoms. The molecular formula is C16H20F2O2S. The zero-order valence-corrected chi connectivity index (χ0v) is 12.6. The van der Waals surface area contributed by atoms with Gasteiger partial charge in [-0.2, -0.15) is 20.5 Å². The maximum absolute atomic E-state index is 12.3. The minimum Gasteiger partial charge on any atom is -0.435 e. The van der Waals surface area contributed by atoms with E-state index in [1.54, 1.807) is 12.1 Å². The highest BCUT2D eigenvalue weighted by molar-refractivity contribution is 8.00. The lowest BCUT2D eigenvalue weighted by Crippen LogP contribution is -2.44. The second-order valence-corrected chi connectivity index (χ2v) is 7.75. The van der Waals surface area contributed by atoms with E-state index in [-0.39, 0.29) is 5.75 Å². The van der Waals surface area contributed by atoms with Crippen molar-refractivity contribution in [2.45, 2.75) is 61.2 Å². The van der Waals surface area contributed by atoms with E-state index in [1.165, 1.54) is 25.3 Å². The number of fused-ring (bicyclic) bond motifs is 2. The first-order chi connectivity index (χ1) is 10.0. The molecule has 0 aliphatic carbocycles. The molecule has 1 aromatic carbocycles. The fourth-order valence-electron chi connectivity index (χ4n) is 3.57. The molecule has 2 bridgehead atoms. The van der Waals surface area contributed by atoms with E-state index in [4.69, 9.17) is 0 Å². The molecule has 0 aromatic heterocycles. The number of benzene rings is 1. The van der Waals surface area contributed by atoms with E-state index in [9.17, 15) is 13.9 Å². The first-order valence-electron chi connectivity index (χ1n) is 7.44. The summed E-state index contributed by atoms with van der Waals surface area (Å²) in [6.07, 6.45) is 5.73. The van der Waals surface area contributed by atoms with E-state index in [1.807, 2.05) is 17.8 Å². The van der Waals surface area contributed by atoms with Gasteiger partial charge in [0, 0.05) is 16.9 Å². The summed E-state index contributed by atoms with van der Waals surface area (Å²) in [7, 11) is 0. The first-order valence-corrected chi connectivity index (χ1v) is 8.38. The van der Waals surface area contributed by atoms with Crippen molar-refractivity contribution in [3.63, 3.8) is 0 Å². The van der Waals surface area contributed by atoms with Crippen LogP contribution in [-0.2, 0) is 6.42 Å². The van der Waals surface area contributed by atoms with Crippen molar-refractivity contribution in [3.8, 4) is 5.75 Å². The average Bonchev–Trinajstić information content (AvgIpc) is 2.36. The Morgan fingerprint density at radius 3 is 2.67 bits per heavy atom. The second kappa shape index (κ2) is 6.13. The Labute approximate surface area is 127 Å². The van der Waals surface area contributed by atoms with Gasteiger partial charge in [0.25, 0.3) is 0 Å². The maximum atomic E-state index is 12.3. The summed E-state index contributed by atoms with van der Waals surface area (Å²) < 4.78 is 29.0. The van der Waals surface area contributed by atoms with Crippen LogP contribution >= 0.6 is 11.8 Å². The summed E-state index contributed by atoms with van der Waals surface area (Å²) in [4.78, 5) is 0. The van der Waals surface area contributed by atoms with Crippen LogP contribution in [0, 0.1) is 0 Å². The first kappa shape index (κ1) is 15.1. The molecule has 2 atom stereocenters. The smallest absolute Gasteiger partial charge is 0.387 e. The van der Waals surface area contributed by atoms with Crippen LogP contribution in [0.3, 0.4) is 0 Å². The highest BCUT2D eigenvalue weighted by Gasteiger charge is 2.41. The molecule has 2 heterocycles. The van der Waals surface area contributed by atoms with Gasteiger partial charge in [-0.3, -0.25) is 0 Å². The predicted octanol–water partition coefficient (Wildman–Crippen LogP) is 4.01. The summed E-state index contributed by atoms with van der Waals surface area (Å²) in [5.41, 5.74) is 0.158. The Kier molecular flexibility index (Phi) is 4.41. The molecule has 3 rings (SSSR count). The molecule has 2 aliphatic heterocycles. The zero-order chi connectivity index (χ0) is 14.9. The van der Waals surface area contributed by atoms with Crippen LogP contribution in [0.5, 0.6) is 5.75 Å². The minimum atomic E-state index is -2.81. The van der Waals surface area contributed by atoms with Gasteiger partial charge in [0.05, 0.1) is 5.60 Å². The fraction of sp³-hybridized carbons (Fsp3) is 0.625. The fourth-order valence-corrected chi connectivity index (χ4v) is 5.53. The van der Waals surface area contributed by atoms with Gasteiger partial charge in [-0.25, -0.2) is 0 Å². The van der Waals surface area contributed by atoms with Crippen molar-refractivity contribution in [2.24, 2.45) is 0 Å². The number of hydrogen-bond donors (Lipinski definition) is 1. The van der Waals surface area contributed by atoms with Crippen molar-refractivity contribution < 1.29 is 18.6 Å². The number of hydrogen-bond acceptors (Lipinski definition) is 3. The van der Waals surface area contributed by atoms with Gasteiger partial charge in [-0.1, -0.05) is 18.6 Å². The minimum absolute atomic E-state index is 0.163. The van der Waals surface area contributed by atoms with Crippen molar-refractivity contribution >= 4 is 11.8 Å². The molecule has 2 aliphatic rings. The number of halogens is 2. The van der Waals surface area contributed by atoms with E-state index in [0.29, 0.717) is 16.9 Å². The normalized spacial score (nSPS) is 32.2. The standard InChI is InChI=1S/C16H20F2O2S/c17-15(18)20-12-4-1-3-11(7-12)8-16(19)9-13-5-2-6-14(10-16)21-13/h1,3-4,7,13-15,19H,2,5-6,8-10H2. The molecule has 2 unspecified atom stereocenters. The molecule has 1 aromatic rings. The van der Waals surface area contributed by atoms with Crippen LogP contribution in [0.15, 0.2) is 24.3 Å². The van der Waals surface area contributed by atoms with Crippen LogP contribution in [0.2, 0.25) is 0 Å². The van der Waals surface area contributed by atoms with Gasteiger partial charge in [-0.05, 0) is 43.4 Å². The third-order valence-electron chi connectivity index (χ3n) is 4.31. The predicted molar refractivity (Wildman–Crippen MR) is 80.0 cm³/mol. The number of ether oxygens (including phenoxy) is 1. The largest absolute Gasteiger partial charge is 0.435 e. The second-order valence-electron chi connectivity index (χ2n) is 6.15. The Bertz CT molecular complexity index is 483. The van der Waals surface area contributed by atoms with Gasteiger partial charge in [-0.15, -0.1) is 0 Å². The van der Waals surface area contributed by atoms with Gasteiger partial charge in [0.2, 0.25) is 0 Å². The van der Waals surface area contributed by atoms with E-state index >= 15 is 0 Å². The van der Waals surface area contributed by atoms with E-state index in [0.717, 1.165) is 18.4 Å². The molecule has 21 heavy (non-hydrogen) atoms. The van der Waals surface area contributed by atoms with Crippen molar-refractivity contribution in [2.75, 3.05) is 0 Å². The monoisotopic (exact) mass is 314 g/mol. The number of alkyl halides is 2. The Morgan fingerprint density at radius 1 is 1.29 bits per heavy atom. The molecular weight excluding hydrogens is 294 g/mol. The lowest BCUT2D eigenvalue weighted by Gasteiger charge is -2.44. The van der Waals surface area contributed by atoms with Crippen molar-refractivity contribution in [3.05, 3.63) is 29.8 Å². The number of rotatable bonds is 4. The lowest BCUT2D eigenvalue weighted by atomic mass is 9.81. The average molecular weight is 314 g/mol. The van der Waals surface area contributed by atoms with Crippen LogP contribution in [-0.4, -0.2) is 27.8 Å². The Hall–Kier alpha value is -0.810.